The molecule has 0 saturated heterocycles. The van der Waals surface area contributed by atoms with E-state index in [9.17, 15) is 9.59 Å². The molecule has 1 N–H and O–H groups in total. The second kappa shape index (κ2) is 6.27. The van der Waals surface area contributed by atoms with Gasteiger partial charge in [0.25, 0.3) is 5.91 Å². The van der Waals surface area contributed by atoms with Crippen LogP contribution in [0.25, 0.3) is 10.6 Å². The summed E-state index contributed by atoms with van der Waals surface area (Å²) in [6.07, 6.45) is 3.53. The highest BCUT2D eigenvalue weighted by Crippen LogP contribution is 2.28. The van der Waals surface area contributed by atoms with Gasteiger partial charge in [0.15, 0.2) is 0 Å². The monoisotopic (exact) mass is 322 g/mol. The van der Waals surface area contributed by atoms with Gasteiger partial charge in [-0.05, 0) is 6.92 Å². The van der Waals surface area contributed by atoms with Gasteiger partial charge in [0, 0.05) is 32.4 Å². The van der Waals surface area contributed by atoms with Gasteiger partial charge in [-0.15, -0.1) is 11.3 Å². The molecule has 1 unspecified atom stereocenters. The molecular weight excluding hydrogens is 304 g/mol. The number of aryl methyl sites for hydroxylation is 2. The molecule has 2 rings (SSSR count). The maximum absolute atomic E-state index is 12.5. The smallest absolute Gasteiger partial charge is 0.308 e. The van der Waals surface area contributed by atoms with Crippen LogP contribution in [0.3, 0.4) is 0 Å². The van der Waals surface area contributed by atoms with E-state index in [1.54, 1.807) is 31.8 Å². The van der Waals surface area contributed by atoms with Crippen molar-refractivity contribution in [3.63, 3.8) is 0 Å². The first kappa shape index (κ1) is 16.2. The van der Waals surface area contributed by atoms with Crippen LogP contribution in [0.2, 0.25) is 0 Å². The number of aromatic nitrogens is 3. The van der Waals surface area contributed by atoms with E-state index in [1.807, 2.05) is 13.2 Å². The van der Waals surface area contributed by atoms with E-state index in [0.29, 0.717) is 10.6 Å². The number of amides is 1. The van der Waals surface area contributed by atoms with E-state index in [1.165, 1.54) is 16.2 Å². The Bertz CT molecular complexity index is 707. The van der Waals surface area contributed by atoms with E-state index >= 15 is 0 Å². The summed E-state index contributed by atoms with van der Waals surface area (Å²) >= 11 is 1.29. The molecule has 8 heteroatoms. The number of hydrogen-bond acceptors (Lipinski definition) is 5. The highest BCUT2D eigenvalue weighted by atomic mass is 32.1. The van der Waals surface area contributed by atoms with Crippen LogP contribution < -0.4 is 0 Å². The Balaban J connectivity index is 2.20. The lowest BCUT2D eigenvalue weighted by atomic mass is 10.2. The molecule has 118 valence electrons. The van der Waals surface area contributed by atoms with E-state index in [0.717, 1.165) is 10.6 Å². The third-order valence-electron chi connectivity index (χ3n) is 3.26. The van der Waals surface area contributed by atoms with E-state index in [2.05, 4.69) is 10.1 Å². The number of thiazole rings is 1. The number of carbonyl (C=O) groups excluding carboxylic acids is 1. The summed E-state index contributed by atoms with van der Waals surface area (Å²) in [5.41, 5.74) is 1.50. The predicted molar refractivity (Wildman–Crippen MR) is 82.8 cm³/mol. The molecule has 0 spiro atoms. The van der Waals surface area contributed by atoms with Gasteiger partial charge >= 0.3 is 5.97 Å². The quantitative estimate of drug-likeness (QED) is 0.904. The Morgan fingerprint density at radius 3 is 2.73 bits per heavy atom. The molecule has 22 heavy (non-hydrogen) atoms. The molecule has 2 heterocycles. The highest BCUT2D eigenvalue weighted by Gasteiger charge is 2.23. The minimum atomic E-state index is -0.920. The third kappa shape index (κ3) is 3.33. The summed E-state index contributed by atoms with van der Waals surface area (Å²) in [5.74, 6) is -1.74. The van der Waals surface area contributed by atoms with Crippen LogP contribution in [-0.2, 0) is 11.8 Å². The number of rotatable bonds is 5. The standard InChI is InChI=1S/C14H18N4O3S/c1-8(14(20)21)6-17(3)13(19)11-9(2)16-12(22-11)10-5-15-18(4)7-10/h5,7-8H,6H2,1-4H3,(H,20,21). The molecule has 2 aromatic heterocycles. The molecule has 0 aromatic carbocycles. The second-order valence-corrected chi connectivity index (χ2v) is 6.26. The van der Waals surface area contributed by atoms with Crippen molar-refractivity contribution in [2.75, 3.05) is 13.6 Å². The van der Waals surface area contributed by atoms with Crippen molar-refractivity contribution in [2.24, 2.45) is 13.0 Å². The zero-order valence-corrected chi connectivity index (χ0v) is 13.7. The van der Waals surface area contributed by atoms with Gasteiger partial charge < -0.3 is 10.0 Å². The summed E-state index contributed by atoms with van der Waals surface area (Å²) in [5, 5.41) is 13.8. The molecular formula is C14H18N4O3S. The number of nitrogens with zero attached hydrogens (tertiary/aromatic N) is 4. The summed E-state index contributed by atoms with van der Waals surface area (Å²) in [6.45, 7) is 3.51. The maximum Gasteiger partial charge on any atom is 0.308 e. The van der Waals surface area contributed by atoms with Crippen molar-refractivity contribution in [2.45, 2.75) is 13.8 Å². The lowest BCUT2D eigenvalue weighted by molar-refractivity contribution is -0.141. The van der Waals surface area contributed by atoms with Crippen LogP contribution in [-0.4, -0.2) is 50.2 Å². The minimum absolute atomic E-state index is 0.160. The molecule has 0 saturated carbocycles. The van der Waals surface area contributed by atoms with Crippen LogP contribution in [0.1, 0.15) is 22.3 Å². The lowest BCUT2D eigenvalue weighted by Crippen LogP contribution is -2.33. The number of carboxylic acid groups (broad SMARTS) is 1. The van der Waals surface area contributed by atoms with Crippen LogP contribution >= 0.6 is 11.3 Å². The Kier molecular flexibility index (Phi) is 4.60. The first-order valence-corrected chi connectivity index (χ1v) is 7.56. The van der Waals surface area contributed by atoms with Gasteiger partial charge in [0.1, 0.15) is 9.88 Å². The van der Waals surface area contributed by atoms with Gasteiger partial charge in [0.2, 0.25) is 0 Å². The molecule has 7 nitrogen and oxygen atoms in total. The molecule has 1 atom stereocenters. The van der Waals surface area contributed by atoms with Crippen molar-refractivity contribution in [3.8, 4) is 10.6 Å². The zero-order chi connectivity index (χ0) is 16.4. The molecule has 0 aliphatic heterocycles. The van der Waals surface area contributed by atoms with E-state index in [-0.39, 0.29) is 12.5 Å². The lowest BCUT2D eigenvalue weighted by Gasteiger charge is -2.18. The van der Waals surface area contributed by atoms with Gasteiger partial charge in [0.05, 0.1) is 17.8 Å². The second-order valence-electron chi connectivity index (χ2n) is 5.26. The molecule has 0 aliphatic carbocycles. The minimum Gasteiger partial charge on any atom is -0.481 e. The van der Waals surface area contributed by atoms with Crippen molar-refractivity contribution >= 4 is 23.2 Å². The molecule has 0 radical (unpaired) electrons. The average Bonchev–Trinajstić information content (AvgIpc) is 3.03. The van der Waals surface area contributed by atoms with Crippen molar-refractivity contribution in [1.82, 2.24) is 19.7 Å². The number of carbonyl (C=O) groups is 2. The van der Waals surface area contributed by atoms with Gasteiger partial charge in [-0.1, -0.05) is 6.92 Å². The normalized spacial score (nSPS) is 12.2. The van der Waals surface area contributed by atoms with Crippen molar-refractivity contribution in [1.29, 1.82) is 0 Å². The van der Waals surface area contributed by atoms with Crippen LogP contribution in [0, 0.1) is 12.8 Å². The number of carboxylic acids is 1. The Morgan fingerprint density at radius 2 is 2.18 bits per heavy atom. The fourth-order valence-electron chi connectivity index (χ4n) is 2.00. The first-order chi connectivity index (χ1) is 10.3. The van der Waals surface area contributed by atoms with E-state index in [4.69, 9.17) is 5.11 Å². The molecule has 1 amide bonds. The summed E-state index contributed by atoms with van der Waals surface area (Å²) < 4.78 is 1.67. The van der Waals surface area contributed by atoms with E-state index < -0.39 is 11.9 Å². The highest BCUT2D eigenvalue weighted by molar-refractivity contribution is 7.17. The molecule has 0 bridgehead atoms. The Morgan fingerprint density at radius 1 is 1.50 bits per heavy atom. The topological polar surface area (TPSA) is 88.3 Å². The average molecular weight is 322 g/mol. The van der Waals surface area contributed by atoms with Crippen LogP contribution in [0.4, 0.5) is 0 Å². The van der Waals surface area contributed by atoms with Gasteiger partial charge in [-0.2, -0.15) is 5.10 Å². The fourth-order valence-corrected chi connectivity index (χ4v) is 3.03. The molecule has 0 fully saturated rings. The van der Waals surface area contributed by atoms with Crippen molar-refractivity contribution in [3.05, 3.63) is 23.0 Å². The Hall–Kier alpha value is -2.22. The molecule has 2 aromatic rings. The largest absolute Gasteiger partial charge is 0.481 e. The number of hydrogen-bond donors (Lipinski definition) is 1. The third-order valence-corrected chi connectivity index (χ3v) is 4.45. The van der Waals surface area contributed by atoms with Crippen LogP contribution in [0.15, 0.2) is 12.4 Å². The van der Waals surface area contributed by atoms with Crippen molar-refractivity contribution < 1.29 is 14.7 Å². The van der Waals surface area contributed by atoms with Gasteiger partial charge in [-0.3, -0.25) is 14.3 Å². The molecule has 0 aliphatic rings. The zero-order valence-electron chi connectivity index (χ0n) is 12.9. The maximum atomic E-state index is 12.5. The summed E-state index contributed by atoms with van der Waals surface area (Å²) in [6, 6.07) is 0. The predicted octanol–water partition coefficient (Wildman–Crippen LogP) is 1.64. The fraction of sp³-hybridized carbons (Fsp3) is 0.429. The van der Waals surface area contributed by atoms with Crippen LogP contribution in [0.5, 0.6) is 0 Å². The SMILES string of the molecule is Cc1nc(-c2cnn(C)c2)sc1C(=O)N(C)CC(C)C(=O)O. The summed E-state index contributed by atoms with van der Waals surface area (Å²) in [4.78, 5) is 29.7. The summed E-state index contributed by atoms with van der Waals surface area (Å²) in [7, 11) is 3.42. The Labute approximate surface area is 132 Å². The number of aliphatic carboxylic acids is 1. The van der Waals surface area contributed by atoms with Gasteiger partial charge in [-0.25, -0.2) is 4.98 Å². The first-order valence-electron chi connectivity index (χ1n) is 6.74.